The molecule has 1 rings (SSSR count). The summed E-state index contributed by atoms with van der Waals surface area (Å²) in [5.74, 6) is 0.776. The van der Waals surface area contributed by atoms with Gasteiger partial charge in [-0.05, 0) is 25.0 Å². The van der Waals surface area contributed by atoms with E-state index in [1.807, 2.05) is 24.3 Å². The van der Waals surface area contributed by atoms with Gasteiger partial charge in [0.25, 0.3) is 5.91 Å². The number of rotatable bonds is 4. The topological polar surface area (TPSA) is 29.5 Å². The first-order valence-corrected chi connectivity index (χ1v) is 5.52. The number of hydrogen-bond donors (Lipinski definition) is 0. The van der Waals surface area contributed by atoms with Gasteiger partial charge in [-0.15, -0.1) is 0 Å². The van der Waals surface area contributed by atoms with Gasteiger partial charge in [-0.25, -0.2) is 0 Å². The second kappa shape index (κ2) is 5.54. The van der Waals surface area contributed by atoms with Gasteiger partial charge in [-0.3, -0.25) is 4.79 Å². The molecule has 0 saturated carbocycles. The number of carbonyl (C=O) groups excluding carboxylic acids is 1. The molecule has 1 amide bonds. The molecule has 1 atom stereocenters. The average Bonchev–Trinajstić information content (AvgIpc) is 2.28. The van der Waals surface area contributed by atoms with Crippen LogP contribution in [0.3, 0.4) is 0 Å². The summed E-state index contributed by atoms with van der Waals surface area (Å²) in [6.45, 7) is 3.84. The van der Waals surface area contributed by atoms with Crippen LogP contribution >= 0.6 is 0 Å². The van der Waals surface area contributed by atoms with Gasteiger partial charge in [0.15, 0.2) is 6.10 Å². The van der Waals surface area contributed by atoms with Crippen LogP contribution < -0.4 is 4.74 Å². The first kappa shape index (κ1) is 12.6. The van der Waals surface area contributed by atoms with Crippen molar-refractivity contribution >= 4 is 5.91 Å². The predicted octanol–water partition coefficient (Wildman–Crippen LogP) is 2.10. The molecule has 3 heteroatoms. The lowest BCUT2D eigenvalue weighted by Gasteiger charge is -2.19. The molecule has 0 unspecified atom stereocenters. The van der Waals surface area contributed by atoms with E-state index < -0.39 is 6.10 Å². The summed E-state index contributed by atoms with van der Waals surface area (Å²) in [7, 11) is 3.46. The third kappa shape index (κ3) is 2.99. The van der Waals surface area contributed by atoms with Crippen LogP contribution in [0.2, 0.25) is 0 Å². The molecule has 0 radical (unpaired) electrons. The van der Waals surface area contributed by atoms with Gasteiger partial charge < -0.3 is 9.64 Å². The van der Waals surface area contributed by atoms with E-state index in [0.29, 0.717) is 0 Å². The monoisotopic (exact) mass is 221 g/mol. The molecule has 1 aromatic rings. The Labute approximate surface area is 97.0 Å². The van der Waals surface area contributed by atoms with E-state index >= 15 is 0 Å². The highest BCUT2D eigenvalue weighted by atomic mass is 16.5. The Morgan fingerprint density at radius 1 is 1.38 bits per heavy atom. The maximum Gasteiger partial charge on any atom is 0.262 e. The van der Waals surface area contributed by atoms with E-state index in [9.17, 15) is 4.79 Å². The highest BCUT2D eigenvalue weighted by molar-refractivity contribution is 5.80. The maximum atomic E-state index is 11.6. The van der Waals surface area contributed by atoms with Crippen LogP contribution in [0, 0.1) is 0 Å². The van der Waals surface area contributed by atoms with Crippen molar-refractivity contribution in [3.8, 4) is 5.75 Å². The summed E-state index contributed by atoms with van der Waals surface area (Å²) >= 11 is 0. The summed E-state index contributed by atoms with van der Waals surface area (Å²) in [5, 5.41) is 0. The Balaban J connectivity index is 2.76. The summed E-state index contributed by atoms with van der Waals surface area (Å²) in [6, 6.07) is 7.81. The van der Waals surface area contributed by atoms with E-state index in [-0.39, 0.29) is 5.91 Å². The van der Waals surface area contributed by atoms with Crippen molar-refractivity contribution in [2.24, 2.45) is 0 Å². The van der Waals surface area contributed by atoms with Crippen molar-refractivity contribution in [1.29, 1.82) is 0 Å². The predicted molar refractivity (Wildman–Crippen MR) is 64.6 cm³/mol. The Morgan fingerprint density at radius 2 is 2.00 bits per heavy atom. The molecule has 0 saturated heterocycles. The Kier molecular flexibility index (Phi) is 4.35. The average molecular weight is 221 g/mol. The summed E-state index contributed by atoms with van der Waals surface area (Å²) < 4.78 is 5.67. The lowest BCUT2D eigenvalue weighted by Crippen LogP contribution is -2.35. The quantitative estimate of drug-likeness (QED) is 0.779. The van der Waals surface area contributed by atoms with E-state index in [4.69, 9.17) is 4.74 Å². The number of aryl methyl sites for hydroxylation is 1. The molecule has 16 heavy (non-hydrogen) atoms. The van der Waals surface area contributed by atoms with Crippen molar-refractivity contribution in [2.45, 2.75) is 26.4 Å². The van der Waals surface area contributed by atoms with Gasteiger partial charge in [0.1, 0.15) is 5.75 Å². The molecule has 1 aromatic carbocycles. The second-order valence-corrected chi connectivity index (χ2v) is 3.95. The van der Waals surface area contributed by atoms with Gasteiger partial charge in [-0.2, -0.15) is 0 Å². The third-order valence-corrected chi connectivity index (χ3v) is 2.45. The van der Waals surface area contributed by atoms with Gasteiger partial charge in [-0.1, -0.05) is 25.1 Å². The van der Waals surface area contributed by atoms with Gasteiger partial charge in [0.05, 0.1) is 0 Å². The van der Waals surface area contributed by atoms with Gasteiger partial charge >= 0.3 is 0 Å². The second-order valence-electron chi connectivity index (χ2n) is 3.95. The van der Waals surface area contributed by atoms with Gasteiger partial charge in [0, 0.05) is 14.1 Å². The molecule has 3 nitrogen and oxygen atoms in total. The van der Waals surface area contributed by atoms with Crippen LogP contribution in [0.1, 0.15) is 19.4 Å². The van der Waals surface area contributed by atoms with Crippen LogP contribution in [0.5, 0.6) is 5.75 Å². The van der Waals surface area contributed by atoms with E-state index in [0.717, 1.165) is 17.7 Å². The van der Waals surface area contributed by atoms with E-state index in [1.165, 1.54) is 0 Å². The van der Waals surface area contributed by atoms with Crippen molar-refractivity contribution in [3.63, 3.8) is 0 Å². The molecular formula is C13H19NO2. The number of likely N-dealkylation sites (N-methyl/N-ethyl adjacent to an activating group) is 1. The SMILES string of the molecule is CCc1ccccc1O[C@H](C)C(=O)N(C)C. The molecule has 0 aromatic heterocycles. The largest absolute Gasteiger partial charge is 0.481 e. The number of ether oxygens (including phenoxy) is 1. The molecule has 0 heterocycles. The zero-order valence-electron chi connectivity index (χ0n) is 10.4. The van der Waals surface area contributed by atoms with Crippen molar-refractivity contribution in [2.75, 3.05) is 14.1 Å². The van der Waals surface area contributed by atoms with Crippen molar-refractivity contribution in [1.82, 2.24) is 4.90 Å². The van der Waals surface area contributed by atoms with Crippen molar-refractivity contribution < 1.29 is 9.53 Å². The number of benzene rings is 1. The van der Waals surface area contributed by atoms with E-state index in [2.05, 4.69) is 6.92 Å². The molecule has 0 aliphatic rings. The minimum absolute atomic E-state index is 0.0223. The molecule has 88 valence electrons. The molecule has 0 fully saturated rings. The Hall–Kier alpha value is -1.51. The first-order valence-electron chi connectivity index (χ1n) is 5.52. The Morgan fingerprint density at radius 3 is 2.56 bits per heavy atom. The fourth-order valence-corrected chi connectivity index (χ4v) is 1.52. The summed E-state index contributed by atoms with van der Waals surface area (Å²) in [5.41, 5.74) is 1.13. The molecular weight excluding hydrogens is 202 g/mol. The molecule has 0 spiro atoms. The zero-order valence-corrected chi connectivity index (χ0v) is 10.4. The molecule has 0 bridgehead atoms. The molecule has 0 aliphatic carbocycles. The van der Waals surface area contributed by atoms with Crippen LogP contribution in [0.25, 0.3) is 0 Å². The third-order valence-electron chi connectivity index (χ3n) is 2.45. The summed E-state index contributed by atoms with van der Waals surface area (Å²) in [6.07, 6.45) is 0.460. The maximum absolute atomic E-state index is 11.6. The van der Waals surface area contributed by atoms with Crippen LogP contribution in [-0.4, -0.2) is 31.0 Å². The summed E-state index contributed by atoms with van der Waals surface area (Å²) in [4.78, 5) is 13.2. The number of hydrogen-bond acceptors (Lipinski definition) is 2. The highest BCUT2D eigenvalue weighted by Gasteiger charge is 2.17. The van der Waals surface area contributed by atoms with Crippen LogP contribution in [0.15, 0.2) is 24.3 Å². The number of amides is 1. The minimum atomic E-state index is -0.442. The lowest BCUT2D eigenvalue weighted by molar-refractivity contribution is -0.135. The van der Waals surface area contributed by atoms with E-state index in [1.54, 1.807) is 25.9 Å². The van der Waals surface area contributed by atoms with Crippen LogP contribution in [-0.2, 0) is 11.2 Å². The van der Waals surface area contributed by atoms with Crippen LogP contribution in [0.4, 0.5) is 0 Å². The first-order chi connectivity index (χ1) is 7.56. The number of nitrogens with zero attached hydrogens (tertiary/aromatic N) is 1. The Bertz CT molecular complexity index is 361. The van der Waals surface area contributed by atoms with Crippen molar-refractivity contribution in [3.05, 3.63) is 29.8 Å². The lowest BCUT2D eigenvalue weighted by atomic mass is 10.1. The normalized spacial score (nSPS) is 12.0. The fourth-order valence-electron chi connectivity index (χ4n) is 1.52. The number of para-hydroxylation sites is 1. The van der Waals surface area contributed by atoms with Gasteiger partial charge in [0.2, 0.25) is 0 Å². The molecule has 0 N–H and O–H groups in total. The zero-order chi connectivity index (χ0) is 12.1. The smallest absolute Gasteiger partial charge is 0.262 e. The highest BCUT2D eigenvalue weighted by Crippen LogP contribution is 2.19. The minimum Gasteiger partial charge on any atom is -0.481 e. The fraction of sp³-hybridized carbons (Fsp3) is 0.462. The number of carbonyl (C=O) groups is 1. The molecule has 0 aliphatic heterocycles. The standard InChI is InChI=1S/C13H19NO2/c1-5-11-8-6-7-9-12(11)16-10(2)13(15)14(3)4/h6-10H,5H2,1-4H3/t10-/m1/s1.